The van der Waals surface area contributed by atoms with Crippen molar-refractivity contribution >= 4 is 0 Å². The Balaban J connectivity index is -0.000000276. The molecule has 142 valence electrons. The van der Waals surface area contributed by atoms with E-state index in [4.69, 9.17) is 0 Å². The quantitative estimate of drug-likeness (QED) is 0.473. The summed E-state index contributed by atoms with van der Waals surface area (Å²) in [6, 6.07) is 0. The van der Waals surface area contributed by atoms with Crippen molar-refractivity contribution in [2.75, 3.05) is 0 Å². The Morgan fingerprint density at radius 1 is 0.750 bits per heavy atom. The molecule has 0 spiro atoms. The highest BCUT2D eigenvalue weighted by Gasteiger charge is 2.04. The Morgan fingerprint density at radius 3 is 1.08 bits per heavy atom. The lowest BCUT2D eigenvalue weighted by Gasteiger charge is -2.12. The van der Waals surface area contributed by atoms with E-state index in [1.54, 1.807) is 0 Å². The van der Waals surface area contributed by atoms with Gasteiger partial charge in [-0.3, -0.25) is 0 Å². The highest BCUT2D eigenvalue weighted by molar-refractivity contribution is 5.46. The molecule has 0 heterocycles. The molecular weight excluding hydrogens is 288 g/mol. The van der Waals surface area contributed by atoms with E-state index in [1.807, 2.05) is 26.0 Å². The molecule has 0 saturated heterocycles. The molecule has 0 aromatic heterocycles. The van der Waals surface area contributed by atoms with Crippen molar-refractivity contribution in [2.45, 2.75) is 94.9 Å². The highest BCUT2D eigenvalue weighted by atomic mass is 14.1. The molecule has 0 aliphatic heterocycles. The van der Waals surface area contributed by atoms with Gasteiger partial charge in [0.1, 0.15) is 0 Å². The summed E-state index contributed by atoms with van der Waals surface area (Å²) in [6.07, 6.45) is 13.0. The molecule has 0 atom stereocenters. The lowest BCUT2D eigenvalue weighted by atomic mass is 9.94. The van der Waals surface area contributed by atoms with Gasteiger partial charge >= 0.3 is 0 Å². The summed E-state index contributed by atoms with van der Waals surface area (Å²) in [4.78, 5) is 0. The molecule has 0 unspecified atom stereocenters. The second-order valence-corrected chi connectivity index (χ2v) is 8.13. The fraction of sp³-hybridized carbons (Fsp3) is 0.667. The monoisotopic (exact) mass is 334 g/mol. The van der Waals surface area contributed by atoms with Crippen molar-refractivity contribution in [1.29, 1.82) is 0 Å². The minimum Gasteiger partial charge on any atom is -0.0985 e. The first kappa shape index (κ1) is 27.8. The van der Waals surface area contributed by atoms with Crippen molar-refractivity contribution in [3.63, 3.8) is 0 Å². The standard InChI is InChI=1S/C10H12.2C6H14.C2H6/c1-3-9-7-5-6-8-10(9)4-2;2*1-5-6(2,3)4;1-2/h3-4,7-8H,1-2,5-6H2;2*5H2,1-4H3;1-2H3. The van der Waals surface area contributed by atoms with Gasteiger partial charge < -0.3 is 0 Å². The fourth-order valence-electron chi connectivity index (χ4n) is 1.12. The van der Waals surface area contributed by atoms with Gasteiger partial charge in [0.15, 0.2) is 0 Å². The third-order valence-electron chi connectivity index (χ3n) is 3.79. The van der Waals surface area contributed by atoms with Crippen LogP contribution in [0.4, 0.5) is 0 Å². The van der Waals surface area contributed by atoms with Crippen molar-refractivity contribution in [2.24, 2.45) is 10.8 Å². The van der Waals surface area contributed by atoms with E-state index in [-0.39, 0.29) is 0 Å². The number of rotatable bonds is 2. The molecule has 0 N–H and O–H groups in total. The zero-order valence-corrected chi connectivity index (χ0v) is 18.6. The first-order valence-corrected chi connectivity index (χ1v) is 9.66. The first-order valence-electron chi connectivity index (χ1n) is 9.66. The number of allylic oxidation sites excluding steroid dienone is 6. The van der Waals surface area contributed by atoms with Gasteiger partial charge in [-0.25, -0.2) is 0 Å². The summed E-state index contributed by atoms with van der Waals surface area (Å²) in [5.41, 5.74) is 3.53. The maximum absolute atomic E-state index is 3.73. The summed E-state index contributed by atoms with van der Waals surface area (Å²) in [7, 11) is 0. The second kappa shape index (κ2) is 15.5. The predicted molar refractivity (Wildman–Crippen MR) is 117 cm³/mol. The van der Waals surface area contributed by atoms with Gasteiger partial charge in [-0.05, 0) is 34.8 Å². The minimum absolute atomic E-state index is 0.542. The van der Waals surface area contributed by atoms with Crippen LogP contribution in [0.2, 0.25) is 0 Å². The first-order chi connectivity index (χ1) is 11.0. The van der Waals surface area contributed by atoms with Gasteiger partial charge in [0, 0.05) is 0 Å². The lowest BCUT2D eigenvalue weighted by Crippen LogP contribution is -2.00. The van der Waals surface area contributed by atoms with Crippen LogP contribution in [0.5, 0.6) is 0 Å². The fourth-order valence-corrected chi connectivity index (χ4v) is 1.12. The van der Waals surface area contributed by atoms with E-state index in [9.17, 15) is 0 Å². The normalized spacial score (nSPS) is 13.4. The van der Waals surface area contributed by atoms with Gasteiger partial charge in [0.25, 0.3) is 0 Å². The topological polar surface area (TPSA) is 0 Å². The van der Waals surface area contributed by atoms with E-state index < -0.39 is 0 Å². The Morgan fingerprint density at radius 2 is 0.958 bits per heavy atom. The molecule has 1 aliphatic rings. The van der Waals surface area contributed by atoms with Crippen LogP contribution in [0.1, 0.15) is 94.9 Å². The maximum Gasteiger partial charge on any atom is -0.0233 e. The molecule has 0 aromatic rings. The Kier molecular flexibility index (Phi) is 17.9. The smallest absolute Gasteiger partial charge is 0.0233 e. The molecule has 0 fully saturated rings. The van der Waals surface area contributed by atoms with Crippen LogP contribution in [-0.2, 0) is 0 Å². The zero-order valence-electron chi connectivity index (χ0n) is 18.6. The molecule has 0 amide bonds. The van der Waals surface area contributed by atoms with Crippen molar-refractivity contribution in [3.05, 3.63) is 48.6 Å². The van der Waals surface area contributed by atoms with E-state index in [1.165, 1.54) is 24.0 Å². The van der Waals surface area contributed by atoms with Crippen LogP contribution < -0.4 is 0 Å². The van der Waals surface area contributed by atoms with Crippen LogP contribution >= 0.6 is 0 Å². The summed E-state index contributed by atoms with van der Waals surface area (Å²) in [5.74, 6) is 0. The van der Waals surface area contributed by atoms with E-state index >= 15 is 0 Å². The largest absolute Gasteiger partial charge is 0.0985 e. The third-order valence-corrected chi connectivity index (χ3v) is 3.79. The van der Waals surface area contributed by atoms with Crippen molar-refractivity contribution < 1.29 is 0 Å². The van der Waals surface area contributed by atoms with E-state index in [2.05, 4.69) is 80.7 Å². The highest BCUT2D eigenvalue weighted by Crippen LogP contribution is 2.19. The molecule has 0 bridgehead atoms. The van der Waals surface area contributed by atoms with Gasteiger partial charge in [-0.2, -0.15) is 0 Å². The summed E-state index contributed by atoms with van der Waals surface area (Å²) >= 11 is 0. The Hall–Kier alpha value is -1.04. The average molecular weight is 335 g/mol. The Labute approximate surface area is 154 Å². The average Bonchev–Trinajstić information content (AvgIpc) is 2.56. The second-order valence-electron chi connectivity index (χ2n) is 8.13. The van der Waals surface area contributed by atoms with Crippen LogP contribution in [0.15, 0.2) is 48.6 Å². The maximum atomic E-state index is 3.73. The molecule has 0 nitrogen and oxygen atoms in total. The van der Waals surface area contributed by atoms with Gasteiger partial charge in [-0.15, -0.1) is 0 Å². The number of hydrogen-bond acceptors (Lipinski definition) is 0. The molecule has 1 rings (SSSR count). The summed E-state index contributed by atoms with van der Waals surface area (Å²) < 4.78 is 0. The molecule has 24 heavy (non-hydrogen) atoms. The zero-order chi connectivity index (χ0) is 19.8. The van der Waals surface area contributed by atoms with Gasteiger partial charge in [0.05, 0.1) is 0 Å². The minimum atomic E-state index is 0.542. The van der Waals surface area contributed by atoms with Crippen LogP contribution in [0, 0.1) is 10.8 Å². The molecular formula is C24H46. The molecule has 0 aromatic carbocycles. The SMILES string of the molecule is C=CC1=CCCC=C1C=C.CC.CCC(C)(C)C.CCC(C)(C)C. The van der Waals surface area contributed by atoms with E-state index in [0.717, 1.165) is 12.8 Å². The lowest BCUT2D eigenvalue weighted by molar-refractivity contribution is 0.397. The Bertz CT molecular complexity index is 326. The molecule has 0 radical (unpaired) electrons. The van der Waals surface area contributed by atoms with Crippen molar-refractivity contribution in [1.82, 2.24) is 0 Å². The van der Waals surface area contributed by atoms with E-state index in [0.29, 0.717) is 10.8 Å². The summed E-state index contributed by atoms with van der Waals surface area (Å²) in [6.45, 7) is 29.3. The van der Waals surface area contributed by atoms with Gasteiger partial charge in [0.2, 0.25) is 0 Å². The molecule has 0 heteroatoms. The predicted octanol–water partition coefficient (Wildman–Crippen LogP) is 8.92. The van der Waals surface area contributed by atoms with Crippen LogP contribution in [0.3, 0.4) is 0 Å². The van der Waals surface area contributed by atoms with Crippen LogP contribution in [0.25, 0.3) is 0 Å². The third kappa shape index (κ3) is 21.0. The van der Waals surface area contributed by atoms with Crippen molar-refractivity contribution in [3.8, 4) is 0 Å². The molecule has 1 aliphatic carbocycles. The number of hydrogen-bond donors (Lipinski definition) is 0. The van der Waals surface area contributed by atoms with Crippen LogP contribution in [-0.4, -0.2) is 0 Å². The molecule has 0 saturated carbocycles. The van der Waals surface area contributed by atoms with Gasteiger partial charge in [-0.1, -0.05) is 120 Å². The summed E-state index contributed by atoms with van der Waals surface area (Å²) in [5, 5.41) is 0.